The molecule has 0 fully saturated rings. The van der Waals surface area contributed by atoms with E-state index in [1.807, 2.05) is 11.4 Å². The van der Waals surface area contributed by atoms with Crippen LogP contribution in [0.1, 0.15) is 16.9 Å². The van der Waals surface area contributed by atoms with E-state index >= 15 is 0 Å². The molecule has 2 rings (SSSR count). The molecule has 0 saturated carbocycles. The van der Waals surface area contributed by atoms with Crippen LogP contribution in [-0.2, 0) is 17.9 Å². The number of carbonyl (C=O) groups is 1. The molecule has 6 nitrogen and oxygen atoms in total. The van der Waals surface area contributed by atoms with Gasteiger partial charge < -0.3 is 10.0 Å². The van der Waals surface area contributed by atoms with Crippen molar-refractivity contribution in [1.29, 1.82) is 0 Å². The minimum absolute atomic E-state index is 0.0281. The highest BCUT2D eigenvalue weighted by Crippen LogP contribution is 2.15. The predicted octanol–water partition coefficient (Wildman–Crippen LogP) is 0.732. The summed E-state index contributed by atoms with van der Waals surface area (Å²) >= 11 is 1.54. The molecule has 0 atom stereocenters. The van der Waals surface area contributed by atoms with Crippen LogP contribution in [0.4, 0.5) is 0 Å². The molecule has 110 valence electrons. The van der Waals surface area contributed by atoms with Gasteiger partial charge in [-0.1, -0.05) is 11.8 Å². The second-order valence-corrected chi connectivity index (χ2v) is 5.35. The zero-order valence-corrected chi connectivity index (χ0v) is 12.5. The number of carbonyl (C=O) groups excluding carboxylic acids is 1. The Hall–Kier alpha value is -2.17. The Morgan fingerprint density at radius 1 is 1.57 bits per heavy atom. The zero-order valence-electron chi connectivity index (χ0n) is 11.7. The van der Waals surface area contributed by atoms with E-state index in [4.69, 9.17) is 5.11 Å². The summed E-state index contributed by atoms with van der Waals surface area (Å²) in [6, 6.07) is 1.97. The fraction of sp³-hybridized carbons (Fsp3) is 0.357. The van der Waals surface area contributed by atoms with Crippen molar-refractivity contribution < 1.29 is 9.90 Å². The van der Waals surface area contributed by atoms with Gasteiger partial charge in [-0.05, 0) is 17.0 Å². The van der Waals surface area contributed by atoms with E-state index in [1.54, 1.807) is 11.9 Å². The third kappa shape index (κ3) is 4.70. The van der Waals surface area contributed by atoms with Gasteiger partial charge in [-0.2, -0.15) is 5.10 Å². The summed E-state index contributed by atoms with van der Waals surface area (Å²) in [5.74, 6) is 5.84. The van der Waals surface area contributed by atoms with Crippen molar-refractivity contribution in [3.05, 3.63) is 34.5 Å². The second-order valence-electron chi connectivity index (χ2n) is 4.44. The summed E-state index contributed by atoms with van der Waals surface area (Å²) in [5, 5.41) is 14.6. The summed E-state index contributed by atoms with van der Waals surface area (Å²) in [6.45, 7) is 0.792. The van der Waals surface area contributed by atoms with E-state index in [-0.39, 0.29) is 19.1 Å². The largest absolute Gasteiger partial charge is 0.395 e. The highest BCUT2D eigenvalue weighted by Gasteiger charge is 2.11. The number of hydrogen-bond donors (Lipinski definition) is 1. The van der Waals surface area contributed by atoms with Crippen molar-refractivity contribution in [3.63, 3.8) is 0 Å². The summed E-state index contributed by atoms with van der Waals surface area (Å²) in [5.41, 5.74) is 1.04. The normalized spacial score (nSPS) is 10.0. The van der Waals surface area contributed by atoms with E-state index in [9.17, 15) is 4.79 Å². The first-order valence-corrected chi connectivity index (χ1v) is 7.30. The number of amides is 1. The molecule has 0 aliphatic carbocycles. The smallest absolute Gasteiger partial charge is 0.244 e. The Labute approximate surface area is 127 Å². The van der Waals surface area contributed by atoms with Crippen LogP contribution in [0, 0.1) is 11.8 Å². The average Bonchev–Trinajstić information content (AvgIpc) is 3.11. The molecule has 1 N–H and O–H groups in total. The lowest BCUT2D eigenvalue weighted by molar-refractivity contribution is -0.131. The maximum absolute atomic E-state index is 12.0. The number of aliphatic hydroxyl groups excluding tert-OH is 1. The molecule has 0 spiro atoms. The number of hydrogen-bond acceptors (Lipinski definition) is 5. The highest BCUT2D eigenvalue weighted by molar-refractivity contribution is 7.10. The van der Waals surface area contributed by atoms with Crippen molar-refractivity contribution in [2.45, 2.75) is 19.5 Å². The topological polar surface area (TPSA) is 71.2 Å². The quantitative estimate of drug-likeness (QED) is 0.827. The van der Waals surface area contributed by atoms with E-state index in [0.717, 1.165) is 10.4 Å². The van der Waals surface area contributed by atoms with Crippen LogP contribution in [-0.4, -0.2) is 44.3 Å². The SMILES string of the molecule is CN(Cc1csc(C#CCCO)c1)C(=O)Cn1cncn1. The van der Waals surface area contributed by atoms with E-state index in [2.05, 4.69) is 21.9 Å². The zero-order chi connectivity index (χ0) is 15.1. The fourth-order valence-electron chi connectivity index (χ4n) is 1.67. The molecule has 0 unspecified atom stereocenters. The molecular weight excluding hydrogens is 288 g/mol. The molecule has 0 aliphatic rings. The third-order valence-corrected chi connectivity index (χ3v) is 3.61. The molecule has 0 saturated heterocycles. The van der Waals surface area contributed by atoms with Crippen molar-refractivity contribution in [3.8, 4) is 11.8 Å². The molecule has 2 aromatic rings. The second kappa shape index (κ2) is 7.57. The van der Waals surface area contributed by atoms with Crippen LogP contribution in [0.2, 0.25) is 0 Å². The molecule has 0 bridgehead atoms. The summed E-state index contributed by atoms with van der Waals surface area (Å²) < 4.78 is 1.50. The number of thiophene rings is 1. The van der Waals surface area contributed by atoms with Crippen LogP contribution < -0.4 is 0 Å². The van der Waals surface area contributed by atoms with Crippen LogP contribution in [0.5, 0.6) is 0 Å². The Morgan fingerprint density at radius 3 is 3.14 bits per heavy atom. The van der Waals surface area contributed by atoms with Gasteiger partial charge in [-0.3, -0.25) is 4.79 Å². The first kappa shape index (κ1) is 15.2. The van der Waals surface area contributed by atoms with Crippen LogP contribution in [0.25, 0.3) is 0 Å². The summed E-state index contributed by atoms with van der Waals surface area (Å²) in [6.07, 6.45) is 3.40. The maximum atomic E-state index is 12.0. The molecule has 0 aliphatic heterocycles. The summed E-state index contributed by atoms with van der Waals surface area (Å²) in [7, 11) is 1.76. The monoisotopic (exact) mass is 304 g/mol. The molecule has 21 heavy (non-hydrogen) atoms. The van der Waals surface area contributed by atoms with Crippen molar-refractivity contribution in [2.24, 2.45) is 0 Å². The van der Waals surface area contributed by atoms with Crippen molar-refractivity contribution >= 4 is 17.2 Å². The highest BCUT2D eigenvalue weighted by atomic mass is 32.1. The Kier molecular flexibility index (Phi) is 5.49. The molecule has 2 aromatic heterocycles. The van der Waals surface area contributed by atoms with Crippen LogP contribution in [0.15, 0.2) is 24.1 Å². The lowest BCUT2D eigenvalue weighted by Crippen LogP contribution is -2.29. The van der Waals surface area contributed by atoms with Crippen LogP contribution >= 0.6 is 11.3 Å². The maximum Gasteiger partial charge on any atom is 0.244 e. The fourth-order valence-corrected chi connectivity index (χ4v) is 2.44. The Bertz CT molecular complexity index is 639. The molecular formula is C14H16N4O2S. The van der Waals surface area contributed by atoms with Gasteiger partial charge in [0.15, 0.2) is 0 Å². The van der Waals surface area contributed by atoms with Gasteiger partial charge in [0.25, 0.3) is 0 Å². The van der Waals surface area contributed by atoms with E-state index in [1.165, 1.54) is 28.7 Å². The average molecular weight is 304 g/mol. The third-order valence-electron chi connectivity index (χ3n) is 2.71. The first-order chi connectivity index (χ1) is 10.2. The first-order valence-electron chi connectivity index (χ1n) is 6.42. The minimum Gasteiger partial charge on any atom is -0.395 e. The van der Waals surface area contributed by atoms with Gasteiger partial charge in [-0.25, -0.2) is 9.67 Å². The standard InChI is InChI=1S/C14H16N4O2S/c1-17(14(20)8-18-11-15-10-16-18)7-12-6-13(21-9-12)4-2-3-5-19/h6,9-11,19H,3,5,7-8H2,1H3. The molecule has 2 heterocycles. The summed E-state index contributed by atoms with van der Waals surface area (Å²) in [4.78, 5) is 18.4. The number of aromatic nitrogens is 3. The Morgan fingerprint density at radius 2 is 2.43 bits per heavy atom. The minimum atomic E-state index is -0.0281. The van der Waals surface area contributed by atoms with Crippen LogP contribution in [0.3, 0.4) is 0 Å². The van der Waals surface area contributed by atoms with Gasteiger partial charge in [0, 0.05) is 20.0 Å². The lowest BCUT2D eigenvalue weighted by Gasteiger charge is -2.16. The van der Waals surface area contributed by atoms with E-state index in [0.29, 0.717) is 13.0 Å². The number of rotatable bonds is 5. The Balaban J connectivity index is 1.89. The lowest BCUT2D eigenvalue weighted by atomic mass is 10.3. The van der Waals surface area contributed by atoms with Gasteiger partial charge in [-0.15, -0.1) is 11.3 Å². The predicted molar refractivity (Wildman–Crippen MR) is 79.4 cm³/mol. The van der Waals surface area contributed by atoms with Gasteiger partial charge in [0.2, 0.25) is 5.91 Å². The van der Waals surface area contributed by atoms with Gasteiger partial charge in [0.1, 0.15) is 19.2 Å². The van der Waals surface area contributed by atoms with E-state index < -0.39 is 0 Å². The number of aliphatic hydroxyl groups is 1. The van der Waals surface area contributed by atoms with Gasteiger partial charge in [0.05, 0.1) is 11.5 Å². The van der Waals surface area contributed by atoms with Crippen molar-refractivity contribution in [2.75, 3.05) is 13.7 Å². The molecule has 1 amide bonds. The number of likely N-dealkylation sites (N-methyl/N-ethyl adjacent to an activating group) is 1. The molecule has 0 radical (unpaired) electrons. The van der Waals surface area contributed by atoms with Gasteiger partial charge >= 0.3 is 0 Å². The molecule has 0 aromatic carbocycles. The van der Waals surface area contributed by atoms with Crippen molar-refractivity contribution in [1.82, 2.24) is 19.7 Å². The molecule has 7 heteroatoms. The number of nitrogens with zero attached hydrogens (tertiary/aromatic N) is 4.